The molecule has 0 N–H and O–H groups in total. The van der Waals surface area contributed by atoms with Gasteiger partial charge in [0.15, 0.2) is 5.82 Å². The molecule has 1 saturated heterocycles. The number of rotatable bonds is 4. The average molecular weight is 304 g/mol. The van der Waals surface area contributed by atoms with Crippen LogP contribution in [0.25, 0.3) is 11.0 Å². The molecule has 0 spiro atoms. The van der Waals surface area contributed by atoms with Crippen LogP contribution in [0.2, 0.25) is 0 Å². The van der Waals surface area contributed by atoms with Crippen molar-refractivity contribution in [1.82, 2.24) is 19.4 Å². The maximum atomic E-state index is 14.0. The first-order valence-electron chi connectivity index (χ1n) is 8.12. The van der Waals surface area contributed by atoms with Gasteiger partial charge in [-0.1, -0.05) is 6.07 Å². The van der Waals surface area contributed by atoms with Crippen LogP contribution >= 0.6 is 0 Å². The van der Waals surface area contributed by atoms with Crippen molar-refractivity contribution in [2.45, 2.75) is 38.9 Å². The third-order valence-electron chi connectivity index (χ3n) is 4.70. The smallest absolute Gasteiger partial charge is 0.151 e. The molecule has 1 aliphatic heterocycles. The summed E-state index contributed by atoms with van der Waals surface area (Å²) >= 11 is 0. The summed E-state index contributed by atoms with van der Waals surface area (Å²) in [5.74, 6) is 0.748. The number of hydrogen-bond donors (Lipinski definition) is 0. The molecule has 1 aromatic heterocycles. The standard InChI is InChI=1S/C17H25FN4/c1-4-22-15-9-5-8-14(18)17(15)19-16(22)12-21-10-6-7-13(11-21)20(2)3/h5,8-9,13H,4,6-7,10-12H2,1-3H3. The lowest BCUT2D eigenvalue weighted by atomic mass is 10.1. The molecule has 4 nitrogen and oxygen atoms in total. The number of benzene rings is 1. The van der Waals surface area contributed by atoms with Gasteiger partial charge < -0.3 is 9.47 Å². The Bertz CT molecular complexity index is 649. The number of aromatic nitrogens is 2. The topological polar surface area (TPSA) is 24.3 Å². The van der Waals surface area contributed by atoms with Gasteiger partial charge in [-0.05, 0) is 52.5 Å². The predicted molar refractivity (Wildman–Crippen MR) is 87.4 cm³/mol. The van der Waals surface area contributed by atoms with Crippen LogP contribution in [-0.4, -0.2) is 52.6 Å². The summed E-state index contributed by atoms with van der Waals surface area (Å²) < 4.78 is 16.1. The number of hydrogen-bond acceptors (Lipinski definition) is 3. The van der Waals surface area contributed by atoms with Gasteiger partial charge in [0.1, 0.15) is 11.3 Å². The summed E-state index contributed by atoms with van der Waals surface area (Å²) in [7, 11) is 4.29. The van der Waals surface area contributed by atoms with E-state index in [-0.39, 0.29) is 5.82 Å². The SMILES string of the molecule is CCn1c(CN2CCCC(N(C)C)C2)nc2c(F)cccc21. The van der Waals surface area contributed by atoms with Gasteiger partial charge in [-0.15, -0.1) is 0 Å². The number of para-hydroxylation sites is 1. The van der Waals surface area contributed by atoms with Gasteiger partial charge in [0.2, 0.25) is 0 Å². The van der Waals surface area contributed by atoms with E-state index in [1.54, 1.807) is 6.07 Å². The van der Waals surface area contributed by atoms with Crippen LogP contribution in [0.5, 0.6) is 0 Å². The summed E-state index contributed by atoms with van der Waals surface area (Å²) in [5.41, 5.74) is 1.40. The first-order valence-corrected chi connectivity index (χ1v) is 8.12. The van der Waals surface area contributed by atoms with Crippen molar-refractivity contribution >= 4 is 11.0 Å². The molecule has 120 valence electrons. The number of piperidine rings is 1. The third kappa shape index (κ3) is 2.88. The first kappa shape index (κ1) is 15.4. The molecule has 1 unspecified atom stereocenters. The van der Waals surface area contributed by atoms with Crippen molar-refractivity contribution in [2.75, 3.05) is 27.2 Å². The van der Waals surface area contributed by atoms with E-state index in [0.717, 1.165) is 37.5 Å². The fourth-order valence-corrected chi connectivity index (χ4v) is 3.43. The van der Waals surface area contributed by atoms with Crippen molar-refractivity contribution in [2.24, 2.45) is 0 Å². The maximum absolute atomic E-state index is 14.0. The van der Waals surface area contributed by atoms with E-state index in [2.05, 4.69) is 40.4 Å². The number of nitrogens with zero attached hydrogens (tertiary/aromatic N) is 4. The summed E-state index contributed by atoms with van der Waals surface area (Å²) in [5, 5.41) is 0. The molecular formula is C17H25FN4. The molecular weight excluding hydrogens is 279 g/mol. The molecule has 2 aromatic rings. The molecule has 0 aliphatic carbocycles. The molecule has 5 heteroatoms. The minimum absolute atomic E-state index is 0.226. The number of likely N-dealkylation sites (N-methyl/N-ethyl adjacent to an activating group) is 1. The molecule has 0 radical (unpaired) electrons. The van der Waals surface area contributed by atoms with Crippen molar-refractivity contribution in [3.63, 3.8) is 0 Å². The summed E-state index contributed by atoms with van der Waals surface area (Å²) in [6, 6.07) is 5.81. The van der Waals surface area contributed by atoms with E-state index in [1.807, 2.05) is 6.07 Å². The third-order valence-corrected chi connectivity index (χ3v) is 4.70. The van der Waals surface area contributed by atoms with Gasteiger partial charge in [0, 0.05) is 19.1 Å². The minimum atomic E-state index is -0.226. The van der Waals surface area contributed by atoms with E-state index in [4.69, 9.17) is 0 Å². The molecule has 3 rings (SSSR count). The minimum Gasteiger partial charge on any atom is -0.327 e. The Morgan fingerprint density at radius 2 is 2.18 bits per heavy atom. The van der Waals surface area contributed by atoms with E-state index in [1.165, 1.54) is 18.9 Å². The van der Waals surface area contributed by atoms with Gasteiger partial charge in [-0.3, -0.25) is 4.90 Å². The Hall–Kier alpha value is -1.46. The van der Waals surface area contributed by atoms with E-state index >= 15 is 0 Å². The molecule has 1 aliphatic rings. The largest absolute Gasteiger partial charge is 0.327 e. The van der Waals surface area contributed by atoms with Crippen molar-refractivity contribution in [3.8, 4) is 0 Å². The van der Waals surface area contributed by atoms with Crippen LogP contribution in [0.3, 0.4) is 0 Å². The van der Waals surface area contributed by atoms with Gasteiger partial charge in [-0.2, -0.15) is 0 Å². The number of imidazole rings is 1. The maximum Gasteiger partial charge on any atom is 0.151 e. The van der Waals surface area contributed by atoms with Crippen LogP contribution in [0.4, 0.5) is 4.39 Å². The predicted octanol–water partition coefficient (Wildman–Crippen LogP) is 2.72. The van der Waals surface area contributed by atoms with Crippen LogP contribution < -0.4 is 0 Å². The molecule has 1 atom stereocenters. The second-order valence-corrected chi connectivity index (χ2v) is 6.37. The molecule has 1 aromatic carbocycles. The van der Waals surface area contributed by atoms with Gasteiger partial charge in [-0.25, -0.2) is 9.37 Å². The van der Waals surface area contributed by atoms with E-state index in [0.29, 0.717) is 11.6 Å². The molecule has 0 amide bonds. The highest BCUT2D eigenvalue weighted by Crippen LogP contribution is 2.22. The van der Waals surface area contributed by atoms with Gasteiger partial charge in [0.25, 0.3) is 0 Å². The van der Waals surface area contributed by atoms with E-state index < -0.39 is 0 Å². The van der Waals surface area contributed by atoms with E-state index in [9.17, 15) is 4.39 Å². The van der Waals surface area contributed by atoms with Gasteiger partial charge in [0.05, 0.1) is 12.1 Å². The zero-order valence-electron chi connectivity index (χ0n) is 13.7. The highest BCUT2D eigenvalue weighted by molar-refractivity contribution is 5.76. The Balaban J connectivity index is 1.86. The first-order chi connectivity index (χ1) is 10.6. The summed E-state index contributed by atoms with van der Waals surface area (Å²) in [6.45, 7) is 5.86. The fraction of sp³-hybridized carbons (Fsp3) is 0.588. The van der Waals surface area contributed by atoms with Crippen LogP contribution in [-0.2, 0) is 13.1 Å². The average Bonchev–Trinajstić information content (AvgIpc) is 2.86. The van der Waals surface area contributed by atoms with Crippen molar-refractivity contribution in [3.05, 3.63) is 29.8 Å². The molecule has 22 heavy (non-hydrogen) atoms. The Labute approximate surface area is 131 Å². The Morgan fingerprint density at radius 1 is 1.36 bits per heavy atom. The highest BCUT2D eigenvalue weighted by atomic mass is 19.1. The van der Waals surface area contributed by atoms with Gasteiger partial charge >= 0.3 is 0 Å². The van der Waals surface area contributed by atoms with Crippen LogP contribution in [0.1, 0.15) is 25.6 Å². The molecule has 2 heterocycles. The second kappa shape index (κ2) is 6.34. The van der Waals surface area contributed by atoms with Crippen molar-refractivity contribution < 1.29 is 4.39 Å². The number of fused-ring (bicyclic) bond motifs is 1. The molecule has 0 saturated carbocycles. The fourth-order valence-electron chi connectivity index (χ4n) is 3.43. The lowest BCUT2D eigenvalue weighted by Gasteiger charge is -2.35. The zero-order valence-corrected chi connectivity index (χ0v) is 13.7. The van der Waals surface area contributed by atoms with Crippen LogP contribution in [0.15, 0.2) is 18.2 Å². The Morgan fingerprint density at radius 3 is 2.91 bits per heavy atom. The number of halogens is 1. The highest BCUT2D eigenvalue weighted by Gasteiger charge is 2.23. The Kier molecular flexibility index (Phi) is 4.45. The van der Waals surface area contributed by atoms with Crippen LogP contribution in [0, 0.1) is 5.82 Å². The zero-order chi connectivity index (χ0) is 15.7. The summed E-state index contributed by atoms with van der Waals surface area (Å²) in [4.78, 5) is 9.32. The monoisotopic (exact) mass is 304 g/mol. The quantitative estimate of drug-likeness (QED) is 0.868. The number of likely N-dealkylation sites (tertiary alicyclic amines) is 1. The van der Waals surface area contributed by atoms with Crippen molar-refractivity contribution in [1.29, 1.82) is 0 Å². The summed E-state index contributed by atoms with van der Waals surface area (Å²) in [6.07, 6.45) is 2.46. The molecule has 1 fully saturated rings. The normalized spacial score (nSPS) is 20.1. The number of aryl methyl sites for hydroxylation is 1. The lowest BCUT2D eigenvalue weighted by Crippen LogP contribution is -2.44. The second-order valence-electron chi connectivity index (χ2n) is 6.37. The lowest BCUT2D eigenvalue weighted by molar-refractivity contribution is 0.125. The molecule has 0 bridgehead atoms.